The number of ether oxygens (including phenoxy) is 3. The van der Waals surface area contributed by atoms with E-state index in [0.29, 0.717) is 54.8 Å². The van der Waals surface area contributed by atoms with Crippen molar-refractivity contribution in [3.05, 3.63) is 71.3 Å². The molecule has 14 heteroatoms. The lowest BCUT2D eigenvalue weighted by atomic mass is 10.00. The van der Waals surface area contributed by atoms with Crippen molar-refractivity contribution in [1.29, 1.82) is 0 Å². The average molecular weight is 615 g/mol. The highest BCUT2D eigenvalue weighted by atomic mass is 19.4. The number of carbonyl (C=O) groups excluding carboxylic acids is 1. The van der Waals surface area contributed by atoms with Gasteiger partial charge in [0.1, 0.15) is 22.7 Å². The monoisotopic (exact) mass is 614 g/mol. The number of benzene rings is 2. The summed E-state index contributed by atoms with van der Waals surface area (Å²) in [6, 6.07) is 15.2. The molecular formula is C30H29F3N4O7. The number of aryl methyl sites for hydroxylation is 1. The average Bonchev–Trinajstić information content (AvgIpc) is 3.50. The molecule has 0 unspecified atom stereocenters. The molecule has 1 amide bonds. The van der Waals surface area contributed by atoms with Gasteiger partial charge in [-0.3, -0.25) is 14.5 Å². The largest absolute Gasteiger partial charge is 0.490 e. The fourth-order valence-electron chi connectivity index (χ4n) is 4.98. The molecule has 2 N–H and O–H groups in total. The van der Waals surface area contributed by atoms with Crippen LogP contribution < -0.4 is 19.9 Å². The summed E-state index contributed by atoms with van der Waals surface area (Å²) in [6.07, 6.45) is -1.52. The molecule has 0 radical (unpaired) electrons. The number of nitrogens with zero attached hydrogens (tertiary/aromatic N) is 3. The first-order chi connectivity index (χ1) is 21.0. The van der Waals surface area contributed by atoms with Gasteiger partial charge in [-0.2, -0.15) is 13.2 Å². The summed E-state index contributed by atoms with van der Waals surface area (Å²) < 4.78 is 51.2. The summed E-state index contributed by atoms with van der Waals surface area (Å²) in [5.74, 6) is -1.14. The molecule has 2 aliphatic heterocycles. The molecule has 0 aliphatic carbocycles. The van der Waals surface area contributed by atoms with Crippen LogP contribution in [0.3, 0.4) is 0 Å². The molecule has 0 bridgehead atoms. The third kappa shape index (κ3) is 6.55. The predicted octanol–water partition coefficient (Wildman–Crippen LogP) is 4.02. The van der Waals surface area contributed by atoms with Crippen LogP contribution in [0.4, 0.5) is 18.9 Å². The minimum atomic E-state index is -5.08. The summed E-state index contributed by atoms with van der Waals surface area (Å²) in [7, 11) is 1.73. The fourth-order valence-corrected chi connectivity index (χ4v) is 4.98. The lowest BCUT2D eigenvalue weighted by molar-refractivity contribution is -0.192. The molecule has 4 aromatic rings. The van der Waals surface area contributed by atoms with Crippen LogP contribution in [0.2, 0.25) is 0 Å². The van der Waals surface area contributed by atoms with E-state index in [1.807, 2.05) is 54.7 Å². The zero-order valence-electron chi connectivity index (χ0n) is 23.6. The number of carboxylic acid groups (broad SMARTS) is 1. The Hall–Kier alpha value is -4.82. The lowest BCUT2D eigenvalue weighted by Crippen LogP contribution is -2.46. The van der Waals surface area contributed by atoms with Crippen LogP contribution in [-0.2, 0) is 21.4 Å². The predicted molar refractivity (Wildman–Crippen MR) is 154 cm³/mol. The zero-order chi connectivity index (χ0) is 31.4. The second-order valence-corrected chi connectivity index (χ2v) is 10.0. The molecule has 0 saturated carbocycles. The van der Waals surface area contributed by atoms with E-state index in [1.165, 1.54) is 0 Å². The molecular weight excluding hydrogens is 585 g/mol. The van der Waals surface area contributed by atoms with Crippen LogP contribution >= 0.6 is 0 Å². The van der Waals surface area contributed by atoms with Gasteiger partial charge in [-0.15, -0.1) is 0 Å². The van der Waals surface area contributed by atoms with Crippen LogP contribution in [0.5, 0.6) is 17.2 Å². The van der Waals surface area contributed by atoms with Crippen LogP contribution in [0, 0.1) is 0 Å². The van der Waals surface area contributed by atoms with Crippen molar-refractivity contribution in [1.82, 2.24) is 14.5 Å². The number of anilines is 1. The number of H-pyrrole nitrogens is 1. The highest BCUT2D eigenvalue weighted by molar-refractivity contribution is 6.04. The number of hydrogen-bond donors (Lipinski definition) is 2. The number of aromatic nitrogens is 2. The second-order valence-electron chi connectivity index (χ2n) is 10.0. The molecule has 0 atom stereocenters. The number of morpholine rings is 1. The SMILES string of the molecule is Cn1cc(-c2ccc3c(c2Oc2ccccc2)N(CCN2CCOCC2)C(=O)CO3)c2cc[nH]c2c1=O.O=C(O)C(F)(F)F. The Morgan fingerprint density at radius 3 is 2.41 bits per heavy atom. The first-order valence-corrected chi connectivity index (χ1v) is 13.6. The third-order valence-electron chi connectivity index (χ3n) is 7.15. The van der Waals surface area contributed by atoms with Gasteiger partial charge >= 0.3 is 12.1 Å². The van der Waals surface area contributed by atoms with Crippen molar-refractivity contribution >= 4 is 28.5 Å². The lowest BCUT2D eigenvalue weighted by Gasteiger charge is -2.34. The molecule has 1 saturated heterocycles. The number of amides is 1. The summed E-state index contributed by atoms with van der Waals surface area (Å²) in [4.78, 5) is 42.0. The van der Waals surface area contributed by atoms with Gasteiger partial charge in [-0.25, -0.2) is 4.79 Å². The van der Waals surface area contributed by atoms with E-state index in [1.54, 1.807) is 22.7 Å². The standard InChI is InChI=1S/C28H28N4O5.C2HF3O2/c1-30-17-22(20-9-10-29-25(20)28(30)34)21-7-8-23-26(27(21)37-19-5-3-2-4-6-19)32(24(33)18-36-23)12-11-31-13-15-35-16-14-31;3-2(4,5)1(6)7/h2-10,17,29H,11-16,18H2,1H3;(H,6,7). The number of halogens is 3. The van der Waals surface area contributed by atoms with E-state index in [0.717, 1.165) is 29.6 Å². The molecule has 2 aromatic carbocycles. The smallest absolute Gasteiger partial charge is 0.481 e. The van der Waals surface area contributed by atoms with E-state index < -0.39 is 12.1 Å². The van der Waals surface area contributed by atoms with Crippen LogP contribution in [0.1, 0.15) is 0 Å². The van der Waals surface area contributed by atoms with Crippen molar-refractivity contribution in [2.75, 3.05) is 50.9 Å². The molecule has 11 nitrogen and oxygen atoms in total. The Morgan fingerprint density at radius 2 is 1.73 bits per heavy atom. The van der Waals surface area contributed by atoms with E-state index in [-0.39, 0.29) is 18.1 Å². The summed E-state index contributed by atoms with van der Waals surface area (Å²) in [5, 5.41) is 7.91. The normalized spacial score (nSPS) is 15.3. The van der Waals surface area contributed by atoms with Gasteiger partial charge in [-0.05, 0) is 30.3 Å². The fraction of sp³-hybridized carbons (Fsp3) is 0.300. The van der Waals surface area contributed by atoms with Crippen molar-refractivity contribution in [2.24, 2.45) is 7.05 Å². The van der Waals surface area contributed by atoms with Crippen LogP contribution in [0.15, 0.2) is 65.7 Å². The molecule has 232 valence electrons. The first-order valence-electron chi connectivity index (χ1n) is 13.6. The van der Waals surface area contributed by atoms with Gasteiger partial charge in [0.05, 0.1) is 13.2 Å². The van der Waals surface area contributed by atoms with Gasteiger partial charge in [0.25, 0.3) is 11.5 Å². The maximum absolute atomic E-state index is 13.2. The first kappa shape index (κ1) is 30.6. The molecule has 4 heterocycles. The summed E-state index contributed by atoms with van der Waals surface area (Å²) in [5.41, 5.74) is 2.58. The number of alkyl halides is 3. The number of hydrogen-bond acceptors (Lipinski definition) is 7. The quantitative estimate of drug-likeness (QED) is 0.334. The van der Waals surface area contributed by atoms with Crippen molar-refractivity contribution < 1.29 is 42.1 Å². The number of carboxylic acids is 1. The minimum Gasteiger partial charge on any atom is -0.481 e. The Kier molecular flexibility index (Phi) is 8.92. The second kappa shape index (κ2) is 12.8. The molecule has 6 rings (SSSR count). The Labute approximate surface area is 249 Å². The summed E-state index contributed by atoms with van der Waals surface area (Å²) >= 11 is 0. The molecule has 44 heavy (non-hydrogen) atoms. The van der Waals surface area contributed by atoms with Crippen LogP contribution in [0.25, 0.3) is 22.0 Å². The van der Waals surface area contributed by atoms with E-state index in [9.17, 15) is 22.8 Å². The Bertz CT molecular complexity index is 1710. The van der Waals surface area contributed by atoms with Gasteiger partial charge in [-0.1, -0.05) is 18.2 Å². The number of pyridine rings is 1. The van der Waals surface area contributed by atoms with Gasteiger partial charge in [0, 0.05) is 62.1 Å². The number of carbonyl (C=O) groups is 2. The maximum Gasteiger partial charge on any atom is 0.490 e. The highest BCUT2D eigenvalue weighted by Gasteiger charge is 2.38. The van der Waals surface area contributed by atoms with Crippen molar-refractivity contribution in [3.63, 3.8) is 0 Å². The van der Waals surface area contributed by atoms with E-state index in [2.05, 4.69) is 9.88 Å². The number of aliphatic carboxylic acids is 1. The van der Waals surface area contributed by atoms with Gasteiger partial charge in [0.15, 0.2) is 12.4 Å². The van der Waals surface area contributed by atoms with Gasteiger partial charge < -0.3 is 33.8 Å². The topological polar surface area (TPSA) is 126 Å². The molecule has 2 aromatic heterocycles. The van der Waals surface area contributed by atoms with Crippen molar-refractivity contribution in [3.8, 4) is 28.4 Å². The van der Waals surface area contributed by atoms with E-state index in [4.69, 9.17) is 24.1 Å². The molecule has 1 fully saturated rings. The number of rotatable bonds is 6. The number of fused-ring (bicyclic) bond motifs is 2. The van der Waals surface area contributed by atoms with Crippen molar-refractivity contribution in [2.45, 2.75) is 6.18 Å². The van der Waals surface area contributed by atoms with Crippen LogP contribution in [-0.4, -0.2) is 83.6 Å². The van der Waals surface area contributed by atoms with Gasteiger partial charge in [0.2, 0.25) is 0 Å². The highest BCUT2D eigenvalue weighted by Crippen LogP contribution is 2.49. The summed E-state index contributed by atoms with van der Waals surface area (Å²) in [6.45, 7) is 4.24. The van der Waals surface area contributed by atoms with E-state index >= 15 is 0 Å². The Morgan fingerprint density at radius 1 is 1.02 bits per heavy atom. The third-order valence-corrected chi connectivity index (χ3v) is 7.15. The Balaban J connectivity index is 0.000000493. The number of nitrogens with one attached hydrogen (secondary N) is 1. The number of aromatic amines is 1. The molecule has 2 aliphatic rings. The minimum absolute atomic E-state index is 0.0257. The molecule has 0 spiro atoms. The maximum atomic E-state index is 13.2. The number of para-hydroxylation sites is 1. The zero-order valence-corrected chi connectivity index (χ0v) is 23.6.